The van der Waals surface area contributed by atoms with Crippen LogP contribution in [0.4, 0.5) is 0 Å². The van der Waals surface area contributed by atoms with Gasteiger partial charge in [0, 0.05) is 11.4 Å². The van der Waals surface area contributed by atoms with Gasteiger partial charge in [-0.05, 0) is 6.42 Å². The van der Waals surface area contributed by atoms with Crippen molar-refractivity contribution in [2.24, 2.45) is 0 Å². The third-order valence-electron chi connectivity index (χ3n) is 0.536. The van der Waals surface area contributed by atoms with Crippen LogP contribution in [0, 0.1) is 0 Å². The number of aliphatic carboxylic acids is 1. The molecule has 8 heavy (non-hydrogen) atoms. The summed E-state index contributed by atoms with van der Waals surface area (Å²) in [5, 5.41) is 8.85. The van der Waals surface area contributed by atoms with Gasteiger partial charge in [-0.3, -0.25) is 0 Å². The number of rotatable bonds is 3. The molecule has 0 radical (unpaired) electrons. The summed E-state index contributed by atoms with van der Waals surface area (Å²) < 4.78 is 0. The minimum Gasteiger partial charge on any atom is -0.478 e. The Morgan fingerprint density at radius 3 is 2.75 bits per heavy atom. The minimum atomic E-state index is -0.883. The van der Waals surface area contributed by atoms with Crippen molar-refractivity contribution in [3.8, 4) is 0 Å². The lowest BCUT2D eigenvalue weighted by Crippen LogP contribution is -1.85. The predicted octanol–water partition coefficient (Wildman–Crippen LogP) is 1.41. The maximum absolute atomic E-state index is 9.77. The van der Waals surface area contributed by atoms with E-state index in [4.69, 9.17) is 5.11 Å². The van der Waals surface area contributed by atoms with Crippen LogP contribution in [0.1, 0.15) is 6.42 Å². The molecule has 0 aliphatic heterocycles. The summed E-state index contributed by atoms with van der Waals surface area (Å²) in [5.41, 5.74) is 0. The van der Waals surface area contributed by atoms with Gasteiger partial charge in [0.1, 0.15) is 0 Å². The molecule has 3 heteroatoms. The molecule has 0 aromatic carbocycles. The van der Waals surface area contributed by atoms with Crippen molar-refractivity contribution >= 4 is 21.9 Å². The second kappa shape index (κ2) is 4.84. The highest BCUT2D eigenvalue weighted by atomic mass is 79.9. The first-order valence-electron chi connectivity index (χ1n) is 2.23. The van der Waals surface area contributed by atoms with E-state index < -0.39 is 5.97 Å². The van der Waals surface area contributed by atoms with E-state index in [0.29, 0.717) is 0 Å². The highest BCUT2D eigenvalue weighted by molar-refractivity contribution is 9.09. The Morgan fingerprint density at radius 2 is 2.38 bits per heavy atom. The number of hydrogen-bond donors (Lipinski definition) is 1. The van der Waals surface area contributed by atoms with Gasteiger partial charge < -0.3 is 5.11 Å². The first-order chi connectivity index (χ1) is 3.77. The zero-order chi connectivity index (χ0) is 6.41. The third kappa shape index (κ3) is 5.69. The molecule has 0 aliphatic carbocycles. The molecule has 0 spiro atoms. The van der Waals surface area contributed by atoms with Crippen LogP contribution in [0.2, 0.25) is 0 Å². The summed E-state index contributed by atoms with van der Waals surface area (Å²) in [5.74, 6) is -0.883. The molecule has 0 bridgehead atoms. The Hall–Kier alpha value is -0.310. The van der Waals surface area contributed by atoms with E-state index in [0.717, 1.165) is 17.8 Å². The first kappa shape index (κ1) is 7.69. The number of carbonyl (C=O) groups is 1. The van der Waals surface area contributed by atoms with Crippen LogP contribution in [0.3, 0.4) is 0 Å². The van der Waals surface area contributed by atoms with Gasteiger partial charge in [-0.15, -0.1) is 0 Å². The summed E-state index contributed by atoms with van der Waals surface area (Å²) in [6.45, 7) is 0. The van der Waals surface area contributed by atoms with E-state index in [-0.39, 0.29) is 0 Å². The lowest BCUT2D eigenvalue weighted by Gasteiger charge is -1.78. The number of allylic oxidation sites excluding steroid dienone is 1. The monoisotopic (exact) mass is 178 g/mol. The van der Waals surface area contributed by atoms with Crippen LogP contribution < -0.4 is 0 Å². The average Bonchev–Trinajstić information content (AvgIpc) is 1.66. The standard InChI is InChI=1S/C5H7BrO2/c6-4-2-1-3-5(7)8/h1,3H,2,4H2,(H,7,8)/b3-1-. The third-order valence-corrected chi connectivity index (χ3v) is 0.994. The van der Waals surface area contributed by atoms with Gasteiger partial charge in [-0.2, -0.15) is 0 Å². The zero-order valence-electron chi connectivity index (χ0n) is 4.30. The van der Waals surface area contributed by atoms with Crippen molar-refractivity contribution in [1.82, 2.24) is 0 Å². The number of hydrogen-bond acceptors (Lipinski definition) is 1. The Kier molecular flexibility index (Phi) is 4.65. The van der Waals surface area contributed by atoms with Gasteiger partial charge in [0.2, 0.25) is 0 Å². The van der Waals surface area contributed by atoms with Crippen LogP contribution in [0.25, 0.3) is 0 Å². The first-order valence-corrected chi connectivity index (χ1v) is 3.35. The van der Waals surface area contributed by atoms with Gasteiger partial charge in [-0.25, -0.2) is 4.79 Å². The maximum Gasteiger partial charge on any atom is 0.327 e. The Bertz CT molecular complexity index is 98.6. The van der Waals surface area contributed by atoms with Crippen molar-refractivity contribution in [3.05, 3.63) is 12.2 Å². The fraction of sp³-hybridized carbons (Fsp3) is 0.400. The summed E-state index contributed by atoms with van der Waals surface area (Å²) in [4.78, 5) is 9.77. The largest absolute Gasteiger partial charge is 0.478 e. The Morgan fingerprint density at radius 1 is 1.75 bits per heavy atom. The van der Waals surface area contributed by atoms with E-state index in [1.807, 2.05) is 0 Å². The molecule has 0 saturated carbocycles. The summed E-state index contributed by atoms with van der Waals surface area (Å²) in [7, 11) is 0. The topological polar surface area (TPSA) is 37.3 Å². The lowest BCUT2D eigenvalue weighted by molar-refractivity contribution is -0.131. The van der Waals surface area contributed by atoms with Gasteiger partial charge in [0.25, 0.3) is 0 Å². The van der Waals surface area contributed by atoms with Crippen molar-refractivity contribution in [2.45, 2.75) is 6.42 Å². The molecule has 0 aliphatic rings. The van der Waals surface area contributed by atoms with E-state index in [2.05, 4.69) is 15.9 Å². The SMILES string of the molecule is O=C(O)/C=C\CCBr. The molecule has 0 atom stereocenters. The molecule has 2 nitrogen and oxygen atoms in total. The van der Waals surface area contributed by atoms with Crippen molar-refractivity contribution in [3.63, 3.8) is 0 Å². The summed E-state index contributed by atoms with van der Waals surface area (Å²) in [6, 6.07) is 0. The van der Waals surface area contributed by atoms with Crippen molar-refractivity contribution in [1.29, 1.82) is 0 Å². The molecule has 0 aromatic rings. The number of alkyl halides is 1. The van der Waals surface area contributed by atoms with E-state index >= 15 is 0 Å². The molecule has 0 heterocycles. The Balaban J connectivity index is 3.20. The zero-order valence-corrected chi connectivity index (χ0v) is 5.89. The van der Waals surface area contributed by atoms with E-state index in [1.165, 1.54) is 0 Å². The molecule has 0 unspecified atom stereocenters. The molecule has 0 amide bonds. The second-order valence-corrected chi connectivity index (χ2v) is 2.01. The quantitative estimate of drug-likeness (QED) is 0.525. The van der Waals surface area contributed by atoms with Gasteiger partial charge in [0.15, 0.2) is 0 Å². The molecular formula is C5H7BrO2. The second-order valence-electron chi connectivity index (χ2n) is 1.22. The molecule has 0 fully saturated rings. The summed E-state index contributed by atoms with van der Waals surface area (Å²) in [6.07, 6.45) is 3.52. The Labute approximate surface area is 56.3 Å². The van der Waals surface area contributed by atoms with Crippen LogP contribution in [0.5, 0.6) is 0 Å². The van der Waals surface area contributed by atoms with Gasteiger partial charge in [0.05, 0.1) is 0 Å². The lowest BCUT2D eigenvalue weighted by atomic mass is 10.4. The number of halogens is 1. The summed E-state index contributed by atoms with van der Waals surface area (Å²) >= 11 is 3.16. The fourth-order valence-corrected chi connectivity index (χ4v) is 0.511. The van der Waals surface area contributed by atoms with Crippen LogP contribution >= 0.6 is 15.9 Å². The van der Waals surface area contributed by atoms with Crippen LogP contribution in [-0.4, -0.2) is 16.4 Å². The van der Waals surface area contributed by atoms with Crippen LogP contribution in [-0.2, 0) is 4.79 Å². The molecule has 0 saturated heterocycles. The highest BCUT2D eigenvalue weighted by Crippen LogP contribution is 1.87. The molecule has 0 rings (SSSR count). The van der Waals surface area contributed by atoms with Crippen molar-refractivity contribution < 1.29 is 9.90 Å². The smallest absolute Gasteiger partial charge is 0.327 e. The van der Waals surface area contributed by atoms with Crippen LogP contribution in [0.15, 0.2) is 12.2 Å². The molecule has 0 aromatic heterocycles. The maximum atomic E-state index is 9.77. The molecule has 46 valence electrons. The van der Waals surface area contributed by atoms with E-state index in [1.54, 1.807) is 6.08 Å². The molecule has 1 N–H and O–H groups in total. The molecular weight excluding hydrogens is 172 g/mol. The van der Waals surface area contributed by atoms with Gasteiger partial charge >= 0.3 is 5.97 Å². The highest BCUT2D eigenvalue weighted by Gasteiger charge is 1.81. The van der Waals surface area contributed by atoms with Crippen molar-refractivity contribution in [2.75, 3.05) is 5.33 Å². The predicted molar refractivity (Wildman–Crippen MR) is 35.2 cm³/mol. The normalized spacial score (nSPS) is 10.1. The van der Waals surface area contributed by atoms with Gasteiger partial charge in [-0.1, -0.05) is 22.0 Å². The average molecular weight is 179 g/mol. The fourth-order valence-electron chi connectivity index (χ4n) is 0.247. The minimum absolute atomic E-state index is 0.770. The van der Waals surface area contributed by atoms with E-state index in [9.17, 15) is 4.79 Å². The number of carboxylic acid groups (broad SMARTS) is 1. The number of carboxylic acids is 1.